The average molecular weight is 321 g/mol. The molecular formula is C16H17ClN2OS. The SMILES string of the molecule is CCCOc1ccc(Nc2cccc(Cl)c2C(N)=S)cc1. The van der Waals surface area contributed by atoms with E-state index in [0.717, 1.165) is 23.5 Å². The Morgan fingerprint density at radius 2 is 1.95 bits per heavy atom. The number of hydrogen-bond donors (Lipinski definition) is 2. The molecule has 2 rings (SSSR count). The van der Waals surface area contributed by atoms with Crippen LogP contribution in [0.3, 0.4) is 0 Å². The number of nitrogens with one attached hydrogen (secondary N) is 1. The van der Waals surface area contributed by atoms with Crippen molar-refractivity contribution in [3.63, 3.8) is 0 Å². The zero-order chi connectivity index (χ0) is 15.2. The van der Waals surface area contributed by atoms with Crippen LogP contribution in [0.15, 0.2) is 42.5 Å². The minimum Gasteiger partial charge on any atom is -0.494 e. The van der Waals surface area contributed by atoms with E-state index in [0.29, 0.717) is 17.2 Å². The molecule has 0 aliphatic rings. The number of thiocarbonyl (C=S) groups is 1. The highest BCUT2D eigenvalue weighted by Crippen LogP contribution is 2.28. The zero-order valence-corrected chi connectivity index (χ0v) is 13.3. The number of rotatable bonds is 6. The maximum atomic E-state index is 6.15. The van der Waals surface area contributed by atoms with Crippen LogP contribution < -0.4 is 15.8 Å². The van der Waals surface area contributed by atoms with E-state index in [1.165, 1.54) is 0 Å². The van der Waals surface area contributed by atoms with Crippen LogP contribution in [-0.4, -0.2) is 11.6 Å². The Labute approximate surface area is 135 Å². The Kier molecular flexibility index (Phi) is 5.42. The first-order valence-corrected chi connectivity index (χ1v) is 7.48. The molecule has 0 heterocycles. The van der Waals surface area contributed by atoms with Crippen molar-refractivity contribution in [2.45, 2.75) is 13.3 Å². The van der Waals surface area contributed by atoms with Gasteiger partial charge in [-0.25, -0.2) is 0 Å². The summed E-state index contributed by atoms with van der Waals surface area (Å²) in [6, 6.07) is 13.2. The molecule has 21 heavy (non-hydrogen) atoms. The van der Waals surface area contributed by atoms with Gasteiger partial charge in [-0.15, -0.1) is 0 Å². The highest BCUT2D eigenvalue weighted by atomic mass is 35.5. The monoisotopic (exact) mass is 320 g/mol. The van der Waals surface area contributed by atoms with Gasteiger partial charge in [-0.3, -0.25) is 0 Å². The lowest BCUT2D eigenvalue weighted by Gasteiger charge is -2.13. The van der Waals surface area contributed by atoms with Crippen LogP contribution in [0.2, 0.25) is 5.02 Å². The number of anilines is 2. The molecule has 0 aromatic heterocycles. The Balaban J connectivity index is 2.19. The van der Waals surface area contributed by atoms with Crippen LogP contribution in [-0.2, 0) is 0 Å². The predicted molar refractivity (Wildman–Crippen MR) is 92.9 cm³/mol. The van der Waals surface area contributed by atoms with Gasteiger partial charge in [0.05, 0.1) is 22.9 Å². The second kappa shape index (κ2) is 7.29. The first kappa shape index (κ1) is 15.6. The fourth-order valence-corrected chi connectivity index (χ4v) is 2.44. The Bertz CT molecular complexity index is 629. The van der Waals surface area contributed by atoms with E-state index < -0.39 is 0 Å². The molecule has 0 unspecified atom stereocenters. The first-order chi connectivity index (χ1) is 10.1. The summed E-state index contributed by atoms with van der Waals surface area (Å²) in [4.78, 5) is 0.269. The van der Waals surface area contributed by atoms with Crippen LogP contribution in [0.1, 0.15) is 18.9 Å². The van der Waals surface area contributed by atoms with Crippen molar-refractivity contribution in [3.05, 3.63) is 53.1 Å². The Hall–Kier alpha value is -1.78. The second-order valence-corrected chi connectivity index (χ2v) is 5.37. The van der Waals surface area contributed by atoms with Crippen molar-refractivity contribution < 1.29 is 4.74 Å². The number of halogens is 1. The first-order valence-electron chi connectivity index (χ1n) is 6.70. The highest BCUT2D eigenvalue weighted by Gasteiger charge is 2.09. The molecule has 3 N–H and O–H groups in total. The van der Waals surface area contributed by atoms with E-state index in [4.69, 9.17) is 34.3 Å². The standard InChI is InChI=1S/C16H17ClN2OS/c1-2-10-20-12-8-6-11(7-9-12)19-14-5-3-4-13(17)15(14)16(18)21/h3-9,19H,2,10H2,1H3,(H2,18,21). The Morgan fingerprint density at radius 1 is 1.24 bits per heavy atom. The lowest BCUT2D eigenvalue weighted by atomic mass is 10.1. The van der Waals surface area contributed by atoms with Crippen LogP contribution in [0.5, 0.6) is 5.75 Å². The summed E-state index contributed by atoms with van der Waals surface area (Å²) in [5, 5.41) is 3.81. The normalized spacial score (nSPS) is 10.2. The molecule has 0 spiro atoms. The molecule has 0 saturated carbocycles. The van der Waals surface area contributed by atoms with E-state index in [9.17, 15) is 0 Å². The third-order valence-corrected chi connectivity index (χ3v) is 3.39. The molecule has 110 valence electrons. The van der Waals surface area contributed by atoms with Crippen molar-refractivity contribution in [1.82, 2.24) is 0 Å². The summed E-state index contributed by atoms with van der Waals surface area (Å²) in [5.74, 6) is 0.850. The Morgan fingerprint density at radius 3 is 2.57 bits per heavy atom. The van der Waals surface area contributed by atoms with Crippen molar-refractivity contribution in [3.8, 4) is 5.75 Å². The molecule has 0 saturated heterocycles. The lowest BCUT2D eigenvalue weighted by Crippen LogP contribution is -2.12. The van der Waals surface area contributed by atoms with Gasteiger partial charge in [0.25, 0.3) is 0 Å². The maximum absolute atomic E-state index is 6.15. The number of ether oxygens (including phenoxy) is 1. The van der Waals surface area contributed by atoms with Crippen LogP contribution >= 0.6 is 23.8 Å². The molecule has 0 fully saturated rings. The van der Waals surface area contributed by atoms with Gasteiger partial charge in [-0.05, 0) is 42.8 Å². The van der Waals surface area contributed by atoms with Gasteiger partial charge in [0, 0.05) is 5.69 Å². The van der Waals surface area contributed by atoms with E-state index >= 15 is 0 Å². The van der Waals surface area contributed by atoms with Crippen LogP contribution in [0.4, 0.5) is 11.4 Å². The summed E-state index contributed by atoms with van der Waals surface area (Å²) < 4.78 is 5.55. The quantitative estimate of drug-likeness (QED) is 0.769. The van der Waals surface area contributed by atoms with Gasteiger partial charge in [0.1, 0.15) is 10.7 Å². The predicted octanol–water partition coefficient (Wildman–Crippen LogP) is 4.51. The van der Waals surface area contributed by atoms with Gasteiger partial charge >= 0.3 is 0 Å². The van der Waals surface area contributed by atoms with Gasteiger partial charge in [0.15, 0.2) is 0 Å². The molecule has 0 bridgehead atoms. The lowest BCUT2D eigenvalue weighted by molar-refractivity contribution is 0.317. The molecule has 5 heteroatoms. The smallest absolute Gasteiger partial charge is 0.119 e. The van der Waals surface area contributed by atoms with E-state index in [2.05, 4.69) is 12.2 Å². The van der Waals surface area contributed by atoms with Crippen molar-refractivity contribution in [1.29, 1.82) is 0 Å². The molecule has 0 amide bonds. The summed E-state index contributed by atoms with van der Waals surface area (Å²) in [6.45, 7) is 2.79. The van der Waals surface area contributed by atoms with Crippen molar-refractivity contribution >= 4 is 40.2 Å². The molecule has 2 aromatic carbocycles. The fourth-order valence-electron chi connectivity index (χ4n) is 1.89. The maximum Gasteiger partial charge on any atom is 0.119 e. The summed E-state index contributed by atoms with van der Waals surface area (Å²) in [5.41, 5.74) is 8.09. The average Bonchev–Trinajstić information content (AvgIpc) is 2.46. The van der Waals surface area contributed by atoms with Crippen LogP contribution in [0.25, 0.3) is 0 Å². The van der Waals surface area contributed by atoms with E-state index in [1.54, 1.807) is 6.07 Å². The number of hydrogen-bond acceptors (Lipinski definition) is 3. The third kappa shape index (κ3) is 4.09. The largest absolute Gasteiger partial charge is 0.494 e. The molecule has 0 atom stereocenters. The fraction of sp³-hybridized carbons (Fsp3) is 0.188. The van der Waals surface area contributed by atoms with Gasteiger partial charge in [0.2, 0.25) is 0 Å². The second-order valence-electron chi connectivity index (χ2n) is 4.52. The van der Waals surface area contributed by atoms with Gasteiger partial charge < -0.3 is 15.8 Å². The minimum absolute atomic E-state index is 0.269. The molecular weight excluding hydrogens is 304 g/mol. The number of nitrogens with two attached hydrogens (primary N) is 1. The minimum atomic E-state index is 0.269. The van der Waals surface area contributed by atoms with E-state index in [1.807, 2.05) is 36.4 Å². The van der Waals surface area contributed by atoms with Crippen LogP contribution in [0, 0.1) is 0 Å². The third-order valence-electron chi connectivity index (χ3n) is 2.87. The summed E-state index contributed by atoms with van der Waals surface area (Å²) in [7, 11) is 0. The van der Waals surface area contributed by atoms with Gasteiger partial charge in [-0.2, -0.15) is 0 Å². The topological polar surface area (TPSA) is 47.3 Å². The van der Waals surface area contributed by atoms with Gasteiger partial charge in [-0.1, -0.05) is 36.8 Å². The molecule has 0 aliphatic heterocycles. The highest BCUT2D eigenvalue weighted by molar-refractivity contribution is 7.80. The molecule has 0 aliphatic carbocycles. The molecule has 3 nitrogen and oxygen atoms in total. The zero-order valence-electron chi connectivity index (χ0n) is 11.7. The van der Waals surface area contributed by atoms with Crippen molar-refractivity contribution in [2.75, 3.05) is 11.9 Å². The van der Waals surface area contributed by atoms with Crippen molar-refractivity contribution in [2.24, 2.45) is 5.73 Å². The summed E-state index contributed by atoms with van der Waals surface area (Å²) >= 11 is 11.2. The number of benzene rings is 2. The summed E-state index contributed by atoms with van der Waals surface area (Å²) in [6.07, 6.45) is 0.986. The molecule has 0 radical (unpaired) electrons. The molecule has 2 aromatic rings. The van der Waals surface area contributed by atoms with E-state index in [-0.39, 0.29) is 4.99 Å².